The van der Waals surface area contributed by atoms with E-state index < -0.39 is 15.1 Å². The summed E-state index contributed by atoms with van der Waals surface area (Å²) in [7, 11) is -3.47. The van der Waals surface area contributed by atoms with E-state index in [9.17, 15) is 18.0 Å². The Hall–Kier alpha value is -3.25. The molecule has 0 spiro atoms. The second-order valence-corrected chi connectivity index (χ2v) is 11.9. The highest BCUT2D eigenvalue weighted by atomic mass is 32.2. The predicted octanol–water partition coefficient (Wildman–Crippen LogP) is 1.72. The van der Waals surface area contributed by atoms with Gasteiger partial charge in [0.1, 0.15) is 0 Å². The number of sulfone groups is 1. The first-order valence-electron chi connectivity index (χ1n) is 12.9. The van der Waals surface area contributed by atoms with Crippen molar-refractivity contribution in [2.45, 2.75) is 38.4 Å². The molecule has 10 nitrogen and oxygen atoms in total. The molecule has 1 atom stereocenters. The number of rotatable bonds is 8. The van der Waals surface area contributed by atoms with Gasteiger partial charge in [-0.1, -0.05) is 42.0 Å². The lowest BCUT2D eigenvalue weighted by Crippen LogP contribution is -2.41. The number of carbonyl (C=O) groups is 2. The van der Waals surface area contributed by atoms with Crippen LogP contribution in [0.2, 0.25) is 0 Å². The summed E-state index contributed by atoms with van der Waals surface area (Å²) in [6, 6.07) is 0. The summed E-state index contributed by atoms with van der Waals surface area (Å²) < 4.78 is 26.4. The highest BCUT2D eigenvalue weighted by Gasteiger charge is 2.25. The van der Waals surface area contributed by atoms with Crippen LogP contribution in [0, 0.1) is 13.8 Å². The summed E-state index contributed by atoms with van der Waals surface area (Å²) in [4.78, 5) is 29.0. The van der Waals surface area contributed by atoms with Crippen LogP contribution in [0.25, 0.3) is 6.08 Å². The van der Waals surface area contributed by atoms with E-state index in [1.165, 1.54) is 6.20 Å². The number of nitrogens with zero attached hydrogens (tertiary/aromatic N) is 1. The maximum absolute atomic E-state index is 13.2. The number of H-pyrrole nitrogens is 1. The van der Waals surface area contributed by atoms with E-state index >= 15 is 0 Å². The van der Waals surface area contributed by atoms with E-state index in [1.54, 1.807) is 24.3 Å². The van der Waals surface area contributed by atoms with Crippen molar-refractivity contribution in [1.82, 2.24) is 31.6 Å². The molecule has 1 fully saturated rings. The van der Waals surface area contributed by atoms with E-state index in [1.807, 2.05) is 37.1 Å². The number of hydrogen-bond donors (Lipinski definition) is 5. The van der Waals surface area contributed by atoms with Gasteiger partial charge in [-0.15, -0.1) is 0 Å². The third kappa shape index (κ3) is 6.98. The Morgan fingerprint density at radius 2 is 2.11 bits per heavy atom. The van der Waals surface area contributed by atoms with Crippen molar-refractivity contribution in [3.63, 3.8) is 0 Å². The van der Waals surface area contributed by atoms with Gasteiger partial charge < -0.3 is 15.6 Å². The molecule has 2 aliphatic heterocycles. The summed E-state index contributed by atoms with van der Waals surface area (Å²) in [5, 5.41) is 6.88. The Morgan fingerprint density at radius 1 is 1.26 bits per heavy atom. The number of aryl methyl sites for hydroxylation is 1. The van der Waals surface area contributed by atoms with Crippen LogP contribution in [0.4, 0.5) is 0 Å². The molecule has 1 aromatic heterocycles. The lowest BCUT2D eigenvalue weighted by molar-refractivity contribution is -0.116. The van der Waals surface area contributed by atoms with Crippen molar-refractivity contribution >= 4 is 27.7 Å². The summed E-state index contributed by atoms with van der Waals surface area (Å²) >= 11 is 0. The third-order valence-electron chi connectivity index (χ3n) is 6.82. The average molecular weight is 541 g/mol. The van der Waals surface area contributed by atoms with Crippen LogP contribution in [-0.2, 0) is 14.6 Å². The monoisotopic (exact) mass is 540 g/mol. The number of carbonyl (C=O) groups excluding carboxylic acids is 2. The molecule has 1 aliphatic carbocycles. The summed E-state index contributed by atoms with van der Waals surface area (Å²) in [5.74, 6) is -0.554. The highest BCUT2D eigenvalue weighted by molar-refractivity contribution is 7.92. The van der Waals surface area contributed by atoms with Crippen LogP contribution in [0.3, 0.4) is 0 Å². The Labute approximate surface area is 223 Å². The van der Waals surface area contributed by atoms with Gasteiger partial charge in [0.2, 0.25) is 0 Å². The SMILES string of the molecule is Cc1[nH]c(/C=C2/C=C/C(S(=O)(=O)CC3=CC=CCC3)C/C=C/NC2=O)c(C)c1C(=O)NCCN1CCNN1. The fourth-order valence-electron chi connectivity index (χ4n) is 4.69. The van der Waals surface area contributed by atoms with E-state index in [2.05, 4.69) is 26.6 Å². The molecule has 204 valence electrons. The summed E-state index contributed by atoms with van der Waals surface area (Å²) in [6.07, 6.45) is 15.6. The summed E-state index contributed by atoms with van der Waals surface area (Å²) in [6.45, 7) is 6.49. The van der Waals surface area contributed by atoms with Crippen molar-refractivity contribution in [2.24, 2.45) is 0 Å². The first-order chi connectivity index (χ1) is 18.2. The molecule has 38 heavy (non-hydrogen) atoms. The zero-order valence-electron chi connectivity index (χ0n) is 21.8. The van der Waals surface area contributed by atoms with Crippen molar-refractivity contribution in [1.29, 1.82) is 0 Å². The first kappa shape index (κ1) is 27.8. The van der Waals surface area contributed by atoms with E-state index in [4.69, 9.17) is 0 Å². The van der Waals surface area contributed by atoms with E-state index in [-0.39, 0.29) is 24.0 Å². The fraction of sp³-hybridized carbons (Fsp3) is 0.407. The molecule has 1 unspecified atom stereocenters. The number of aromatic amines is 1. The zero-order valence-corrected chi connectivity index (χ0v) is 22.7. The molecule has 0 bridgehead atoms. The molecule has 1 saturated heterocycles. The molecule has 2 amide bonds. The van der Waals surface area contributed by atoms with Gasteiger partial charge in [0, 0.05) is 49.3 Å². The maximum atomic E-state index is 13.2. The van der Waals surface area contributed by atoms with Crippen LogP contribution in [0.1, 0.15) is 46.6 Å². The predicted molar refractivity (Wildman–Crippen MR) is 148 cm³/mol. The van der Waals surface area contributed by atoms with Gasteiger partial charge in [0.15, 0.2) is 9.84 Å². The van der Waals surface area contributed by atoms with Crippen LogP contribution in [0.15, 0.2) is 53.8 Å². The molecule has 1 aromatic rings. The average Bonchev–Trinajstić information content (AvgIpc) is 3.51. The van der Waals surface area contributed by atoms with Gasteiger partial charge in [-0.2, -0.15) is 5.53 Å². The molecule has 5 N–H and O–H groups in total. The molecule has 0 aromatic carbocycles. The van der Waals surface area contributed by atoms with Crippen LogP contribution in [-0.4, -0.2) is 67.4 Å². The van der Waals surface area contributed by atoms with Gasteiger partial charge in [-0.3, -0.25) is 9.59 Å². The van der Waals surface area contributed by atoms with E-state index in [0.717, 1.165) is 31.5 Å². The Morgan fingerprint density at radius 3 is 2.84 bits per heavy atom. The summed E-state index contributed by atoms with van der Waals surface area (Å²) in [5.41, 5.74) is 9.78. The van der Waals surface area contributed by atoms with Crippen molar-refractivity contribution < 1.29 is 18.0 Å². The van der Waals surface area contributed by atoms with Gasteiger partial charge in [0.05, 0.1) is 16.6 Å². The number of nitrogens with one attached hydrogen (secondary N) is 5. The second-order valence-electron chi connectivity index (χ2n) is 9.65. The largest absolute Gasteiger partial charge is 0.358 e. The normalized spacial score (nSPS) is 23.3. The Bertz CT molecular complexity index is 1310. The lowest BCUT2D eigenvalue weighted by Gasteiger charge is -2.15. The van der Waals surface area contributed by atoms with Crippen molar-refractivity contribution in [3.8, 4) is 0 Å². The minimum absolute atomic E-state index is 0.00164. The topological polar surface area (TPSA) is 135 Å². The van der Waals surface area contributed by atoms with Crippen LogP contribution >= 0.6 is 0 Å². The Kier molecular flexibility index (Phi) is 9.16. The quantitative estimate of drug-likeness (QED) is 0.317. The van der Waals surface area contributed by atoms with Gasteiger partial charge >= 0.3 is 0 Å². The molecule has 11 heteroatoms. The van der Waals surface area contributed by atoms with Crippen LogP contribution in [0.5, 0.6) is 0 Å². The molecular weight excluding hydrogens is 504 g/mol. The lowest BCUT2D eigenvalue weighted by atomic mass is 10.1. The second kappa shape index (κ2) is 12.5. The Balaban J connectivity index is 1.52. The molecule has 4 rings (SSSR count). The first-order valence-corrected chi connectivity index (χ1v) is 14.6. The molecule has 0 radical (unpaired) electrons. The van der Waals surface area contributed by atoms with Crippen molar-refractivity contribution in [2.75, 3.05) is 31.9 Å². The minimum atomic E-state index is -3.47. The molecule has 3 heterocycles. The minimum Gasteiger partial charge on any atom is -0.358 e. The highest BCUT2D eigenvalue weighted by Crippen LogP contribution is 2.23. The van der Waals surface area contributed by atoms with Gasteiger partial charge in [0.25, 0.3) is 11.8 Å². The van der Waals surface area contributed by atoms with Gasteiger partial charge in [-0.05, 0) is 44.7 Å². The van der Waals surface area contributed by atoms with E-state index in [0.29, 0.717) is 41.2 Å². The van der Waals surface area contributed by atoms with Crippen LogP contribution < -0.4 is 21.6 Å². The number of hydrazine groups is 2. The number of amides is 2. The van der Waals surface area contributed by atoms with Gasteiger partial charge in [-0.25, -0.2) is 18.9 Å². The maximum Gasteiger partial charge on any atom is 0.255 e. The smallest absolute Gasteiger partial charge is 0.255 e. The number of aromatic nitrogens is 1. The van der Waals surface area contributed by atoms with Crippen molar-refractivity contribution in [3.05, 3.63) is 76.3 Å². The molecule has 3 aliphatic rings. The number of allylic oxidation sites excluding steroid dienone is 4. The molecular formula is C27H36N6O4S. The third-order valence-corrected chi connectivity index (χ3v) is 8.86. The fourth-order valence-corrected chi connectivity index (χ4v) is 6.39. The zero-order chi connectivity index (χ0) is 27.1. The number of hydrogen-bond acceptors (Lipinski definition) is 7. The molecule has 0 saturated carbocycles. The standard InChI is InChI=1S/C27H36N6O4S/c1-19-24(31-20(2)25(19)27(35)29-13-15-33-16-14-30-32-33)17-22-10-11-23(9-6-12-28-26(22)34)38(36,37)18-21-7-4-3-5-8-21/h3-4,6-7,10-12,17,23,30-32H,5,8-9,13-16,18H2,1-2H3,(H,28,34)(H,29,35)/b11-10+,12-6+,22-17-.